The molecular formula is C38H52FNO8. The molecule has 2 aromatic carbocycles. The van der Waals surface area contributed by atoms with Crippen molar-refractivity contribution in [3.05, 3.63) is 72.1 Å². The Morgan fingerprint density at radius 3 is 2.10 bits per heavy atom. The van der Waals surface area contributed by atoms with Crippen molar-refractivity contribution in [3.8, 4) is 11.1 Å². The van der Waals surface area contributed by atoms with E-state index >= 15 is 0 Å². The topological polar surface area (TPSA) is 150 Å². The number of carboxylic acids is 2. The number of carbonyl (C=O) groups is 4. The highest BCUT2D eigenvalue weighted by Crippen LogP contribution is 2.26. The first-order chi connectivity index (χ1) is 23.0. The first-order valence-corrected chi connectivity index (χ1v) is 17.0. The molecule has 10 heteroatoms. The van der Waals surface area contributed by atoms with Crippen LogP contribution in [0.1, 0.15) is 96.0 Å². The highest BCUT2D eigenvalue weighted by atomic mass is 19.1. The maximum Gasteiger partial charge on any atom is 0.336 e. The first-order valence-electron chi connectivity index (χ1n) is 17.0. The van der Waals surface area contributed by atoms with E-state index in [1.54, 1.807) is 48.5 Å². The molecular weight excluding hydrogens is 617 g/mol. The Hall–Kier alpha value is -3.89. The molecule has 0 aromatic heterocycles. The quantitative estimate of drug-likeness (QED) is 0.0659. The largest absolute Gasteiger partial charge is 0.480 e. The molecule has 2 aromatic rings. The van der Waals surface area contributed by atoms with E-state index in [9.17, 15) is 38.9 Å². The molecule has 2 rings (SSSR count). The number of ketones is 1. The van der Waals surface area contributed by atoms with Gasteiger partial charge in [0.2, 0.25) is 5.91 Å². The summed E-state index contributed by atoms with van der Waals surface area (Å²) in [6.07, 6.45) is 13.0. The van der Waals surface area contributed by atoms with Gasteiger partial charge in [0.1, 0.15) is 17.6 Å². The molecule has 0 aliphatic rings. The maximum atomic E-state index is 14.2. The molecule has 264 valence electrons. The summed E-state index contributed by atoms with van der Waals surface area (Å²) >= 11 is 0. The van der Waals surface area contributed by atoms with Gasteiger partial charge in [-0.2, -0.15) is 0 Å². The van der Waals surface area contributed by atoms with Gasteiger partial charge in [-0.25, -0.2) is 14.0 Å². The second kappa shape index (κ2) is 21.9. The summed E-state index contributed by atoms with van der Waals surface area (Å²) in [7, 11) is 1.34. The van der Waals surface area contributed by atoms with E-state index < -0.39 is 47.6 Å². The lowest BCUT2D eigenvalue weighted by Crippen LogP contribution is -2.55. The van der Waals surface area contributed by atoms with Gasteiger partial charge in [-0.05, 0) is 42.9 Å². The molecule has 0 saturated carbocycles. The van der Waals surface area contributed by atoms with Crippen LogP contribution in [-0.4, -0.2) is 64.3 Å². The van der Waals surface area contributed by atoms with Crippen molar-refractivity contribution < 1.29 is 43.6 Å². The van der Waals surface area contributed by atoms with E-state index in [4.69, 9.17) is 4.74 Å². The van der Waals surface area contributed by atoms with Gasteiger partial charge in [0.05, 0.1) is 5.92 Å². The molecule has 0 spiro atoms. The van der Waals surface area contributed by atoms with Gasteiger partial charge in [-0.15, -0.1) is 0 Å². The fourth-order valence-electron chi connectivity index (χ4n) is 5.55. The monoisotopic (exact) mass is 669 g/mol. The number of unbranched alkanes of at least 4 members (excludes halogenated alkanes) is 8. The van der Waals surface area contributed by atoms with Crippen molar-refractivity contribution in [2.75, 3.05) is 13.7 Å². The fourth-order valence-corrected chi connectivity index (χ4v) is 5.55. The number of methoxy groups -OCH3 is 1. The van der Waals surface area contributed by atoms with Crippen LogP contribution in [0.25, 0.3) is 11.1 Å². The van der Waals surface area contributed by atoms with Crippen LogP contribution in [0.5, 0.6) is 0 Å². The SMILES string of the molecule is CCCCCCCC(=O)CCCCCCC=C[C@H](C(=O)N[C@@H](Cc1ccc(-c2ccccc2F)cc1)C(=O)O)[C@@](O)(CCOC)C(=O)O. The molecule has 0 heterocycles. The van der Waals surface area contributed by atoms with Crippen molar-refractivity contribution in [1.82, 2.24) is 5.32 Å². The number of nitrogens with one attached hydrogen (secondary N) is 1. The number of rotatable bonds is 25. The summed E-state index contributed by atoms with van der Waals surface area (Å²) in [4.78, 5) is 50.0. The summed E-state index contributed by atoms with van der Waals surface area (Å²) in [5.74, 6) is -5.61. The van der Waals surface area contributed by atoms with Crippen LogP contribution in [-0.2, 0) is 30.3 Å². The minimum atomic E-state index is -2.54. The maximum absolute atomic E-state index is 14.2. The molecule has 3 atom stereocenters. The standard InChI is InChI=1S/C38H52FNO8/c1-3-4-5-8-11-16-30(41)17-12-9-6-7-10-13-19-32(38(47,37(45)46)25-26-48-2)35(42)40-34(36(43)44)27-28-21-23-29(24-22-28)31-18-14-15-20-33(31)39/h13-15,18-24,32,34,47H,3-12,16-17,25-27H2,1-2H3,(H,40,42)(H,43,44)(H,45,46)/t32-,34+,38+/m1/s1. The van der Waals surface area contributed by atoms with Gasteiger partial charge in [0.25, 0.3) is 0 Å². The van der Waals surface area contributed by atoms with E-state index in [1.165, 1.54) is 38.5 Å². The average Bonchev–Trinajstić information content (AvgIpc) is 3.06. The summed E-state index contributed by atoms with van der Waals surface area (Å²) in [5.41, 5.74) is -0.997. The molecule has 0 radical (unpaired) electrons. The summed E-state index contributed by atoms with van der Waals surface area (Å²) in [6.45, 7) is 2.02. The number of allylic oxidation sites excluding steroid dienone is 1. The molecule has 1 amide bonds. The fraction of sp³-hybridized carbons (Fsp3) is 0.526. The molecule has 9 nitrogen and oxygen atoms in total. The number of Topliss-reactive ketones (excluding diaryl/α,β-unsaturated/α-hetero) is 1. The minimum Gasteiger partial charge on any atom is -0.480 e. The van der Waals surface area contributed by atoms with Crippen molar-refractivity contribution in [1.29, 1.82) is 0 Å². The number of hydrogen-bond acceptors (Lipinski definition) is 6. The van der Waals surface area contributed by atoms with Crippen LogP contribution in [0.4, 0.5) is 4.39 Å². The van der Waals surface area contributed by atoms with Crippen LogP contribution >= 0.6 is 0 Å². The van der Waals surface area contributed by atoms with Gasteiger partial charge in [-0.3, -0.25) is 9.59 Å². The van der Waals surface area contributed by atoms with Crippen LogP contribution < -0.4 is 5.32 Å². The zero-order valence-electron chi connectivity index (χ0n) is 28.3. The average molecular weight is 670 g/mol. The van der Waals surface area contributed by atoms with Crippen LogP contribution in [0.2, 0.25) is 0 Å². The smallest absolute Gasteiger partial charge is 0.336 e. The van der Waals surface area contributed by atoms with E-state index in [-0.39, 0.29) is 13.0 Å². The lowest BCUT2D eigenvalue weighted by Gasteiger charge is -2.30. The second-order valence-corrected chi connectivity index (χ2v) is 12.3. The van der Waals surface area contributed by atoms with Crippen molar-refractivity contribution in [2.24, 2.45) is 5.92 Å². The third-order valence-corrected chi connectivity index (χ3v) is 8.51. The lowest BCUT2D eigenvalue weighted by molar-refractivity contribution is -0.168. The molecule has 48 heavy (non-hydrogen) atoms. The number of ether oxygens (including phenoxy) is 1. The zero-order chi connectivity index (χ0) is 35.4. The number of aliphatic hydroxyl groups is 1. The number of amides is 1. The predicted molar refractivity (Wildman–Crippen MR) is 183 cm³/mol. The Kier molecular flexibility index (Phi) is 18.4. The lowest BCUT2D eigenvalue weighted by atomic mass is 9.83. The van der Waals surface area contributed by atoms with Crippen molar-refractivity contribution in [2.45, 2.75) is 108 Å². The molecule has 0 bridgehead atoms. The summed E-state index contributed by atoms with van der Waals surface area (Å²) < 4.78 is 19.2. The van der Waals surface area contributed by atoms with E-state index in [1.807, 2.05) is 0 Å². The Labute approximate surface area is 283 Å². The van der Waals surface area contributed by atoms with Crippen molar-refractivity contribution in [3.63, 3.8) is 0 Å². The molecule has 0 aliphatic heterocycles. The molecule has 4 N–H and O–H groups in total. The van der Waals surface area contributed by atoms with Gasteiger partial charge in [0.15, 0.2) is 5.60 Å². The summed E-state index contributed by atoms with van der Waals surface area (Å²) in [5, 5.41) is 33.4. The van der Waals surface area contributed by atoms with Gasteiger partial charge in [-0.1, -0.05) is 100 Å². The Morgan fingerprint density at radius 1 is 0.896 bits per heavy atom. The number of carbonyl (C=O) groups excluding carboxylic acids is 2. The second-order valence-electron chi connectivity index (χ2n) is 12.3. The number of benzene rings is 2. The molecule has 0 aliphatic carbocycles. The van der Waals surface area contributed by atoms with E-state index in [2.05, 4.69) is 12.2 Å². The van der Waals surface area contributed by atoms with E-state index in [0.29, 0.717) is 41.7 Å². The number of hydrogen-bond donors (Lipinski definition) is 4. The third kappa shape index (κ3) is 13.7. The van der Waals surface area contributed by atoms with E-state index in [0.717, 1.165) is 38.5 Å². The van der Waals surface area contributed by atoms with Gasteiger partial charge >= 0.3 is 11.9 Å². The Bertz CT molecular complexity index is 1330. The van der Waals surface area contributed by atoms with Crippen LogP contribution in [0, 0.1) is 11.7 Å². The van der Waals surface area contributed by atoms with Crippen LogP contribution in [0.3, 0.4) is 0 Å². The van der Waals surface area contributed by atoms with Crippen LogP contribution in [0.15, 0.2) is 60.7 Å². The third-order valence-electron chi connectivity index (χ3n) is 8.51. The Morgan fingerprint density at radius 2 is 1.52 bits per heavy atom. The Balaban J connectivity index is 2.02. The molecule has 0 fully saturated rings. The highest BCUT2D eigenvalue weighted by molar-refractivity contribution is 5.92. The van der Waals surface area contributed by atoms with Crippen molar-refractivity contribution >= 4 is 23.6 Å². The number of aliphatic carboxylic acids is 2. The predicted octanol–water partition coefficient (Wildman–Crippen LogP) is 6.90. The number of carboxylic acid groups (broad SMARTS) is 2. The normalized spacial score (nSPS) is 13.9. The van der Waals surface area contributed by atoms with Gasteiger partial charge < -0.3 is 25.4 Å². The zero-order valence-corrected chi connectivity index (χ0v) is 28.3. The number of halogens is 1. The summed E-state index contributed by atoms with van der Waals surface area (Å²) in [6, 6.07) is 11.4. The first kappa shape index (κ1) is 40.3. The molecule has 0 unspecified atom stereocenters. The molecule has 0 saturated heterocycles. The highest BCUT2D eigenvalue weighted by Gasteiger charge is 2.47. The van der Waals surface area contributed by atoms with Gasteiger partial charge in [0, 0.05) is 45.0 Å². The minimum absolute atomic E-state index is 0.125.